The van der Waals surface area contributed by atoms with Crippen LogP contribution in [0, 0.1) is 0 Å². The molecule has 4 aromatic rings. The van der Waals surface area contributed by atoms with Gasteiger partial charge in [-0.3, -0.25) is 0 Å². The van der Waals surface area contributed by atoms with Crippen molar-refractivity contribution in [1.29, 1.82) is 0 Å². The van der Waals surface area contributed by atoms with Crippen LogP contribution in [-0.2, 0) is 0 Å². The quantitative estimate of drug-likeness (QED) is 0.330. The van der Waals surface area contributed by atoms with Gasteiger partial charge >= 0.3 is 0 Å². The summed E-state index contributed by atoms with van der Waals surface area (Å²) in [5, 5.41) is 4.35. The lowest BCUT2D eigenvalue weighted by atomic mass is 10.2. The minimum atomic E-state index is 0.812. The number of rotatable bonds is 7. The molecule has 124 valence electrons. The molecule has 4 heteroatoms. The fraction of sp³-hybridized carbons (Fsp3) is 0.300. The summed E-state index contributed by atoms with van der Waals surface area (Å²) in [5.74, 6) is 0.963. The molecular formula is C20H21NOS2. The Morgan fingerprint density at radius 2 is 1.50 bits per heavy atom. The highest BCUT2D eigenvalue weighted by Crippen LogP contribution is 2.38. The highest BCUT2D eigenvalue weighted by Gasteiger charge is 2.14. The summed E-state index contributed by atoms with van der Waals surface area (Å²) in [4.78, 5) is 0. The summed E-state index contributed by atoms with van der Waals surface area (Å²) in [6.07, 6.45) is 4.95. The summed E-state index contributed by atoms with van der Waals surface area (Å²) in [7, 11) is 0. The van der Waals surface area contributed by atoms with E-state index in [0.29, 0.717) is 0 Å². The van der Waals surface area contributed by atoms with Crippen LogP contribution in [0.3, 0.4) is 0 Å². The van der Waals surface area contributed by atoms with E-state index in [0.717, 1.165) is 18.8 Å². The van der Waals surface area contributed by atoms with E-state index in [-0.39, 0.29) is 0 Å². The van der Waals surface area contributed by atoms with Gasteiger partial charge < -0.3 is 9.30 Å². The van der Waals surface area contributed by atoms with Crippen molar-refractivity contribution in [2.75, 3.05) is 6.61 Å². The van der Waals surface area contributed by atoms with Crippen molar-refractivity contribution in [3.8, 4) is 11.4 Å². The van der Waals surface area contributed by atoms with Crippen molar-refractivity contribution in [3.05, 3.63) is 47.2 Å². The molecular weight excluding hydrogens is 334 g/mol. The molecule has 0 atom stereocenters. The minimum absolute atomic E-state index is 0.812. The average Bonchev–Trinajstić information content (AvgIpc) is 3.29. The Morgan fingerprint density at radius 1 is 0.833 bits per heavy atom. The maximum Gasteiger partial charge on any atom is 0.119 e. The smallest absolute Gasteiger partial charge is 0.119 e. The van der Waals surface area contributed by atoms with Crippen molar-refractivity contribution >= 4 is 43.1 Å². The molecule has 0 aliphatic rings. The van der Waals surface area contributed by atoms with Crippen LogP contribution in [0.15, 0.2) is 47.2 Å². The van der Waals surface area contributed by atoms with E-state index in [1.54, 1.807) is 0 Å². The number of nitrogens with zero attached hydrogens (tertiary/aromatic N) is 1. The first-order chi connectivity index (χ1) is 11.9. The van der Waals surface area contributed by atoms with Gasteiger partial charge in [0.15, 0.2) is 0 Å². The average molecular weight is 356 g/mol. The van der Waals surface area contributed by atoms with Gasteiger partial charge in [-0.15, -0.1) is 22.7 Å². The molecule has 3 heterocycles. The second-order valence-corrected chi connectivity index (χ2v) is 7.84. The van der Waals surface area contributed by atoms with Gasteiger partial charge in [-0.2, -0.15) is 0 Å². The van der Waals surface area contributed by atoms with E-state index >= 15 is 0 Å². The number of hydrogen-bond acceptors (Lipinski definition) is 3. The molecule has 0 fully saturated rings. The maximum absolute atomic E-state index is 5.86. The standard InChI is InChI=1S/C20H21NOS2/c1-2-3-4-5-12-22-16-8-6-15(7-9-16)21-17-10-13-23-19(17)20-18(21)11-14-24-20/h6-11,13-14H,2-5,12H2,1H3. The first-order valence-corrected chi connectivity index (χ1v) is 10.3. The third-order valence-corrected chi connectivity index (χ3v) is 6.31. The number of fused-ring (bicyclic) bond motifs is 3. The summed E-state index contributed by atoms with van der Waals surface area (Å²) < 4.78 is 11.0. The molecule has 0 aliphatic carbocycles. The zero-order valence-electron chi connectivity index (χ0n) is 13.8. The predicted molar refractivity (Wildman–Crippen MR) is 106 cm³/mol. The molecule has 0 aliphatic heterocycles. The van der Waals surface area contributed by atoms with Crippen LogP contribution < -0.4 is 4.74 Å². The van der Waals surface area contributed by atoms with Crippen molar-refractivity contribution in [2.45, 2.75) is 32.6 Å². The second kappa shape index (κ2) is 6.99. The number of benzene rings is 1. The van der Waals surface area contributed by atoms with Crippen molar-refractivity contribution in [1.82, 2.24) is 4.57 Å². The van der Waals surface area contributed by atoms with Gasteiger partial charge in [-0.1, -0.05) is 26.2 Å². The first-order valence-electron chi connectivity index (χ1n) is 8.57. The third-order valence-electron chi connectivity index (χ3n) is 4.34. The van der Waals surface area contributed by atoms with E-state index in [1.807, 2.05) is 22.7 Å². The molecule has 24 heavy (non-hydrogen) atoms. The van der Waals surface area contributed by atoms with Crippen LogP contribution in [0.4, 0.5) is 0 Å². The van der Waals surface area contributed by atoms with Gasteiger partial charge in [0.1, 0.15) is 5.75 Å². The summed E-state index contributed by atoms with van der Waals surface area (Å²) in [6.45, 7) is 3.04. The SMILES string of the molecule is CCCCCCOc1ccc(-n2c3ccsc3c3sccc32)cc1. The zero-order chi connectivity index (χ0) is 16.4. The maximum atomic E-state index is 5.86. The van der Waals surface area contributed by atoms with Crippen molar-refractivity contribution < 1.29 is 4.74 Å². The van der Waals surface area contributed by atoms with E-state index in [4.69, 9.17) is 4.74 Å². The molecule has 1 aromatic carbocycles. The van der Waals surface area contributed by atoms with Gasteiger partial charge in [-0.25, -0.2) is 0 Å². The van der Waals surface area contributed by atoms with Crippen molar-refractivity contribution in [2.24, 2.45) is 0 Å². The lowest BCUT2D eigenvalue weighted by molar-refractivity contribution is 0.305. The Kier molecular flexibility index (Phi) is 4.58. The zero-order valence-corrected chi connectivity index (χ0v) is 15.5. The summed E-state index contributed by atoms with van der Waals surface area (Å²) in [6, 6.07) is 12.9. The Bertz CT molecular complexity index is 882. The fourth-order valence-corrected chi connectivity index (χ4v) is 5.05. The van der Waals surface area contributed by atoms with Gasteiger partial charge in [0.05, 0.1) is 27.0 Å². The normalized spacial score (nSPS) is 11.5. The molecule has 0 unspecified atom stereocenters. The number of hydrogen-bond donors (Lipinski definition) is 0. The second-order valence-electron chi connectivity index (χ2n) is 6.01. The molecule has 0 radical (unpaired) electrons. The van der Waals surface area contributed by atoms with E-state index in [1.165, 1.54) is 45.4 Å². The number of thiophene rings is 2. The van der Waals surface area contributed by atoms with Crippen LogP contribution in [0.25, 0.3) is 26.1 Å². The van der Waals surface area contributed by atoms with Gasteiger partial charge in [0.25, 0.3) is 0 Å². The van der Waals surface area contributed by atoms with E-state index in [9.17, 15) is 0 Å². The molecule has 4 rings (SSSR count). The number of ether oxygens (including phenoxy) is 1. The van der Waals surface area contributed by atoms with Gasteiger partial charge in [0.2, 0.25) is 0 Å². The summed E-state index contributed by atoms with van der Waals surface area (Å²) in [5.41, 5.74) is 3.80. The van der Waals surface area contributed by atoms with Gasteiger partial charge in [-0.05, 0) is 53.6 Å². The number of aromatic nitrogens is 1. The van der Waals surface area contributed by atoms with Crippen LogP contribution in [0.2, 0.25) is 0 Å². The topological polar surface area (TPSA) is 14.2 Å². The molecule has 3 aromatic heterocycles. The highest BCUT2D eigenvalue weighted by molar-refractivity contribution is 7.25. The molecule has 0 bridgehead atoms. The first kappa shape index (κ1) is 15.7. The van der Waals surface area contributed by atoms with E-state index in [2.05, 4.69) is 58.6 Å². The molecule has 0 amide bonds. The van der Waals surface area contributed by atoms with E-state index < -0.39 is 0 Å². The Hall–Kier alpha value is -1.78. The number of unbranched alkanes of at least 4 members (excludes halogenated alkanes) is 3. The Balaban J connectivity index is 1.56. The minimum Gasteiger partial charge on any atom is -0.494 e. The van der Waals surface area contributed by atoms with Crippen molar-refractivity contribution in [3.63, 3.8) is 0 Å². The molecule has 0 spiro atoms. The molecule has 0 saturated carbocycles. The lowest BCUT2D eigenvalue weighted by Crippen LogP contribution is -1.98. The predicted octanol–water partition coefficient (Wildman–Crippen LogP) is 6.87. The molecule has 2 nitrogen and oxygen atoms in total. The third kappa shape index (κ3) is 2.85. The van der Waals surface area contributed by atoms with Crippen LogP contribution in [0.5, 0.6) is 5.75 Å². The lowest BCUT2D eigenvalue weighted by Gasteiger charge is -2.09. The highest BCUT2D eigenvalue weighted by atomic mass is 32.1. The summed E-state index contributed by atoms with van der Waals surface area (Å²) >= 11 is 3.64. The van der Waals surface area contributed by atoms with Crippen LogP contribution in [0.1, 0.15) is 32.6 Å². The molecule has 0 saturated heterocycles. The fourth-order valence-electron chi connectivity index (χ4n) is 3.12. The Morgan fingerprint density at radius 3 is 2.12 bits per heavy atom. The molecule has 0 N–H and O–H groups in total. The monoisotopic (exact) mass is 355 g/mol. The largest absolute Gasteiger partial charge is 0.494 e. The Labute approximate surface area is 150 Å². The van der Waals surface area contributed by atoms with Crippen LogP contribution in [-0.4, -0.2) is 11.2 Å². The van der Waals surface area contributed by atoms with Crippen LogP contribution >= 0.6 is 22.7 Å². The van der Waals surface area contributed by atoms with Gasteiger partial charge in [0, 0.05) is 5.69 Å².